The van der Waals surface area contributed by atoms with Gasteiger partial charge in [0.15, 0.2) is 5.78 Å². The minimum atomic E-state index is -0.721. The van der Waals surface area contributed by atoms with Gasteiger partial charge in [-0.3, -0.25) is 9.59 Å². The molecule has 0 radical (unpaired) electrons. The van der Waals surface area contributed by atoms with Gasteiger partial charge in [0.05, 0.1) is 0 Å². The number of carbonyl (C=O) groups excluding carboxylic acids is 1. The van der Waals surface area contributed by atoms with Gasteiger partial charge in [-0.2, -0.15) is 0 Å². The molecule has 28 heavy (non-hydrogen) atoms. The summed E-state index contributed by atoms with van der Waals surface area (Å²) < 4.78 is 0. The van der Waals surface area contributed by atoms with Crippen molar-refractivity contribution in [3.8, 4) is 0 Å². The van der Waals surface area contributed by atoms with Gasteiger partial charge >= 0.3 is 5.97 Å². The summed E-state index contributed by atoms with van der Waals surface area (Å²) in [5.41, 5.74) is 1.07. The van der Waals surface area contributed by atoms with E-state index in [-0.39, 0.29) is 18.1 Å². The van der Waals surface area contributed by atoms with Crippen LogP contribution in [-0.2, 0) is 9.59 Å². The Bertz CT molecular complexity index is 719. The summed E-state index contributed by atoms with van der Waals surface area (Å²) in [6.07, 6.45) is 15.2. The van der Waals surface area contributed by atoms with Crippen LogP contribution in [0.5, 0.6) is 0 Å². The zero-order valence-electron chi connectivity index (χ0n) is 16.8. The Balaban J connectivity index is 1.55. The highest BCUT2D eigenvalue weighted by molar-refractivity contribution is 5.95. The topological polar surface area (TPSA) is 54.4 Å². The van der Waals surface area contributed by atoms with Crippen LogP contribution >= 0.6 is 0 Å². The molecule has 2 fully saturated rings. The molecule has 1 aromatic rings. The first-order valence-electron chi connectivity index (χ1n) is 10.7. The number of unbranched alkanes of at least 4 members (excludes halogenated alkanes) is 1. The fourth-order valence-electron chi connectivity index (χ4n) is 5.10. The van der Waals surface area contributed by atoms with E-state index in [1.54, 1.807) is 0 Å². The number of hydrogen-bond donors (Lipinski definition) is 1. The van der Waals surface area contributed by atoms with Crippen molar-refractivity contribution in [1.82, 2.24) is 0 Å². The van der Waals surface area contributed by atoms with E-state index in [2.05, 4.69) is 18.2 Å². The third-order valence-electron chi connectivity index (χ3n) is 6.70. The predicted molar refractivity (Wildman–Crippen MR) is 112 cm³/mol. The van der Waals surface area contributed by atoms with Gasteiger partial charge in [-0.05, 0) is 73.8 Å². The Morgan fingerprint density at radius 1 is 1.14 bits per heavy atom. The second kappa shape index (κ2) is 9.86. The van der Waals surface area contributed by atoms with Crippen molar-refractivity contribution >= 4 is 11.8 Å². The summed E-state index contributed by atoms with van der Waals surface area (Å²) in [6, 6.07) is 9.98. The van der Waals surface area contributed by atoms with E-state index in [9.17, 15) is 9.59 Å². The summed E-state index contributed by atoms with van der Waals surface area (Å²) >= 11 is 0. The molecule has 3 nitrogen and oxygen atoms in total. The second-order valence-electron chi connectivity index (χ2n) is 8.46. The molecule has 2 aliphatic carbocycles. The number of benzene rings is 1. The largest absolute Gasteiger partial charge is 0.481 e. The summed E-state index contributed by atoms with van der Waals surface area (Å²) in [6.45, 7) is 1.99. The van der Waals surface area contributed by atoms with Crippen LogP contribution in [0, 0.1) is 23.7 Å². The van der Waals surface area contributed by atoms with Crippen LogP contribution in [0.1, 0.15) is 63.4 Å². The molecule has 1 aromatic carbocycles. The molecule has 150 valence electrons. The molecule has 0 amide bonds. The van der Waals surface area contributed by atoms with Gasteiger partial charge in [0.1, 0.15) is 0 Å². The van der Waals surface area contributed by atoms with Crippen molar-refractivity contribution in [2.75, 3.05) is 0 Å². The number of allylic oxidation sites excluding steroid dienone is 4. The van der Waals surface area contributed by atoms with Crippen LogP contribution < -0.4 is 0 Å². The maximum atomic E-state index is 12.7. The number of hydrogen-bond acceptors (Lipinski definition) is 2. The normalized spacial score (nSPS) is 27.6. The maximum absolute atomic E-state index is 12.7. The fourth-order valence-corrected chi connectivity index (χ4v) is 5.10. The zero-order chi connectivity index (χ0) is 19.9. The Labute approximate surface area is 168 Å². The van der Waals surface area contributed by atoms with Gasteiger partial charge in [0, 0.05) is 12.3 Å². The first kappa shape index (κ1) is 20.6. The summed E-state index contributed by atoms with van der Waals surface area (Å²) in [4.78, 5) is 23.2. The van der Waals surface area contributed by atoms with E-state index in [1.807, 2.05) is 43.3 Å². The molecule has 0 aliphatic heterocycles. The van der Waals surface area contributed by atoms with E-state index in [0.29, 0.717) is 18.3 Å². The lowest BCUT2D eigenvalue weighted by Gasteiger charge is -2.28. The summed E-state index contributed by atoms with van der Waals surface area (Å²) in [7, 11) is 0. The highest BCUT2D eigenvalue weighted by atomic mass is 16.4. The molecule has 2 bridgehead atoms. The Morgan fingerprint density at radius 3 is 2.64 bits per heavy atom. The molecular formula is C25H32O3. The molecule has 0 spiro atoms. The number of carboxylic acids is 1. The second-order valence-corrected chi connectivity index (χ2v) is 8.46. The number of rotatable bonds is 10. The highest BCUT2D eigenvalue weighted by Crippen LogP contribution is 2.54. The van der Waals surface area contributed by atoms with Crippen LogP contribution in [0.4, 0.5) is 0 Å². The predicted octanol–water partition coefficient (Wildman–Crippen LogP) is 5.78. The van der Waals surface area contributed by atoms with E-state index in [0.717, 1.165) is 30.2 Å². The van der Waals surface area contributed by atoms with Crippen molar-refractivity contribution < 1.29 is 14.7 Å². The van der Waals surface area contributed by atoms with Gasteiger partial charge in [-0.1, -0.05) is 55.5 Å². The van der Waals surface area contributed by atoms with Crippen molar-refractivity contribution in [1.29, 1.82) is 0 Å². The monoisotopic (exact) mass is 380 g/mol. The standard InChI is InChI=1S/C25H32O3/c1-18(19-9-5-4-6-10-19)24(26)16-15-23-21-14-13-20(17-21)22(23)11-7-2-3-8-12-25(27)28/h2,4-7,9-10,15-16,18,20-23H,3,8,11-14,17H2,1H3,(H,27,28)/t18?,20-,21+,22-,23+/m1/s1. The smallest absolute Gasteiger partial charge is 0.303 e. The van der Waals surface area contributed by atoms with Crippen LogP contribution in [0.25, 0.3) is 0 Å². The molecule has 5 atom stereocenters. The summed E-state index contributed by atoms with van der Waals surface area (Å²) in [5.74, 6) is 2.03. The van der Waals surface area contributed by atoms with Gasteiger partial charge in [0.2, 0.25) is 0 Å². The third-order valence-corrected chi connectivity index (χ3v) is 6.70. The van der Waals surface area contributed by atoms with Gasteiger partial charge in [-0.25, -0.2) is 0 Å². The summed E-state index contributed by atoms with van der Waals surface area (Å²) in [5, 5.41) is 8.71. The first-order chi connectivity index (χ1) is 13.6. The molecule has 2 saturated carbocycles. The molecule has 1 unspecified atom stereocenters. The highest BCUT2D eigenvalue weighted by Gasteiger charge is 2.45. The lowest BCUT2D eigenvalue weighted by Crippen LogP contribution is -2.20. The zero-order valence-corrected chi connectivity index (χ0v) is 16.8. The van der Waals surface area contributed by atoms with Crippen LogP contribution in [0.3, 0.4) is 0 Å². The van der Waals surface area contributed by atoms with Crippen molar-refractivity contribution in [2.45, 2.75) is 57.8 Å². The maximum Gasteiger partial charge on any atom is 0.303 e. The van der Waals surface area contributed by atoms with E-state index in [1.165, 1.54) is 19.3 Å². The molecule has 3 heteroatoms. The molecule has 0 saturated heterocycles. The number of carboxylic acid groups (broad SMARTS) is 1. The molecule has 0 aromatic heterocycles. The molecule has 2 aliphatic rings. The number of ketones is 1. The SMILES string of the molecule is CC(C(=O)C=C[C@H]1[C@H]2CC[C@H](C2)[C@H]1CC=CCCCC(=O)O)c1ccccc1. The van der Waals surface area contributed by atoms with Crippen LogP contribution in [0.2, 0.25) is 0 Å². The van der Waals surface area contributed by atoms with Gasteiger partial charge in [-0.15, -0.1) is 0 Å². The van der Waals surface area contributed by atoms with Gasteiger partial charge in [0.25, 0.3) is 0 Å². The van der Waals surface area contributed by atoms with E-state index >= 15 is 0 Å². The number of carbonyl (C=O) groups is 2. The Kier molecular flexibility index (Phi) is 7.24. The van der Waals surface area contributed by atoms with Crippen LogP contribution in [-0.4, -0.2) is 16.9 Å². The average molecular weight is 381 g/mol. The van der Waals surface area contributed by atoms with Gasteiger partial charge < -0.3 is 5.11 Å². The number of fused-ring (bicyclic) bond motifs is 2. The lowest BCUT2D eigenvalue weighted by molar-refractivity contribution is -0.137. The Hall–Kier alpha value is -2.16. The van der Waals surface area contributed by atoms with E-state index < -0.39 is 5.97 Å². The van der Waals surface area contributed by atoms with Crippen molar-refractivity contribution in [2.24, 2.45) is 23.7 Å². The fraction of sp³-hybridized carbons (Fsp3) is 0.520. The number of aliphatic carboxylic acids is 1. The molecular weight excluding hydrogens is 348 g/mol. The first-order valence-corrected chi connectivity index (χ1v) is 10.7. The minimum absolute atomic E-state index is 0.0939. The Morgan fingerprint density at radius 2 is 1.89 bits per heavy atom. The quantitative estimate of drug-likeness (QED) is 0.318. The third kappa shape index (κ3) is 5.21. The van der Waals surface area contributed by atoms with Crippen LogP contribution in [0.15, 0.2) is 54.6 Å². The minimum Gasteiger partial charge on any atom is -0.481 e. The molecule has 1 N–H and O–H groups in total. The van der Waals surface area contributed by atoms with Crippen molar-refractivity contribution in [3.63, 3.8) is 0 Å². The van der Waals surface area contributed by atoms with Crippen molar-refractivity contribution in [3.05, 3.63) is 60.2 Å². The lowest BCUT2D eigenvalue weighted by atomic mass is 9.77. The molecule has 3 rings (SSSR count). The average Bonchev–Trinajstić information content (AvgIpc) is 3.30. The van der Waals surface area contributed by atoms with E-state index in [4.69, 9.17) is 5.11 Å². The molecule has 0 heterocycles.